The van der Waals surface area contributed by atoms with Crippen LogP contribution in [0.15, 0.2) is 73.1 Å². The Morgan fingerprint density at radius 2 is 1.84 bits per heavy atom. The van der Waals surface area contributed by atoms with Gasteiger partial charge in [-0.15, -0.1) is 0 Å². The van der Waals surface area contributed by atoms with Crippen molar-refractivity contribution in [2.45, 2.75) is 46.6 Å². The lowest BCUT2D eigenvalue weighted by Gasteiger charge is -2.21. The molecule has 0 aliphatic heterocycles. The normalized spacial score (nSPS) is 14.2. The molecule has 0 fully saturated rings. The van der Waals surface area contributed by atoms with Crippen LogP contribution in [0.4, 0.5) is 0 Å². The summed E-state index contributed by atoms with van der Waals surface area (Å²) >= 11 is 0. The number of hydrogen-bond donors (Lipinski definition) is 1. The van der Waals surface area contributed by atoms with E-state index in [-0.39, 0.29) is 12.0 Å². The maximum atomic E-state index is 10.1. The highest BCUT2D eigenvalue weighted by Crippen LogP contribution is 2.24. The van der Waals surface area contributed by atoms with Crippen LogP contribution in [0.25, 0.3) is 0 Å². The lowest BCUT2D eigenvalue weighted by atomic mass is 9.85. The minimum absolute atomic E-state index is 0.0215. The lowest BCUT2D eigenvalue weighted by molar-refractivity contribution is 0.101. The zero-order valence-corrected chi connectivity index (χ0v) is 16.0. The van der Waals surface area contributed by atoms with Gasteiger partial charge in [0.1, 0.15) is 12.7 Å². The van der Waals surface area contributed by atoms with Crippen LogP contribution >= 0.6 is 0 Å². The molecule has 1 N–H and O–H groups in total. The van der Waals surface area contributed by atoms with Crippen molar-refractivity contribution in [3.05, 3.63) is 84.2 Å². The van der Waals surface area contributed by atoms with Crippen molar-refractivity contribution in [3.63, 3.8) is 0 Å². The van der Waals surface area contributed by atoms with Crippen LogP contribution in [0.5, 0.6) is 0 Å². The van der Waals surface area contributed by atoms with Crippen LogP contribution in [0, 0.1) is 5.41 Å². The van der Waals surface area contributed by atoms with Gasteiger partial charge < -0.3 is 9.84 Å². The summed E-state index contributed by atoms with van der Waals surface area (Å²) in [6, 6.07) is 8.76. The number of aliphatic hydroxyl groups is 1. The Morgan fingerprint density at radius 1 is 1.20 bits per heavy atom. The van der Waals surface area contributed by atoms with Crippen LogP contribution < -0.4 is 0 Å². The van der Waals surface area contributed by atoms with Crippen LogP contribution in [-0.4, -0.2) is 17.8 Å². The van der Waals surface area contributed by atoms with Gasteiger partial charge in [0.05, 0.1) is 5.76 Å². The van der Waals surface area contributed by atoms with E-state index in [1.807, 2.05) is 31.2 Å². The first-order valence-corrected chi connectivity index (χ1v) is 8.90. The summed E-state index contributed by atoms with van der Waals surface area (Å²) in [6.07, 6.45) is 12.5. The molecule has 1 rings (SSSR count). The van der Waals surface area contributed by atoms with Gasteiger partial charge in [0.15, 0.2) is 0 Å². The molecule has 25 heavy (non-hydrogen) atoms. The van der Waals surface area contributed by atoms with Gasteiger partial charge in [-0.1, -0.05) is 82.0 Å². The van der Waals surface area contributed by atoms with Crippen LogP contribution in [0.2, 0.25) is 0 Å². The topological polar surface area (TPSA) is 29.5 Å². The molecule has 136 valence electrons. The fourth-order valence-electron chi connectivity index (χ4n) is 2.44. The van der Waals surface area contributed by atoms with Crippen molar-refractivity contribution in [2.75, 3.05) is 6.61 Å². The highest BCUT2D eigenvalue weighted by molar-refractivity contribution is 5.24. The molecule has 1 aromatic rings. The lowest BCUT2D eigenvalue weighted by Crippen LogP contribution is -2.16. The fraction of sp³-hybridized carbons (Fsp3) is 0.391. The maximum Gasteiger partial charge on any atom is 0.117 e. The van der Waals surface area contributed by atoms with Crippen molar-refractivity contribution >= 4 is 0 Å². The van der Waals surface area contributed by atoms with E-state index in [0.29, 0.717) is 0 Å². The van der Waals surface area contributed by atoms with Gasteiger partial charge in [0, 0.05) is 0 Å². The van der Waals surface area contributed by atoms with E-state index < -0.39 is 6.10 Å². The largest absolute Gasteiger partial charge is 0.495 e. The maximum absolute atomic E-state index is 10.1. The summed E-state index contributed by atoms with van der Waals surface area (Å²) in [7, 11) is 0. The van der Waals surface area contributed by atoms with Crippen molar-refractivity contribution in [2.24, 2.45) is 5.41 Å². The Kier molecular flexibility index (Phi) is 9.01. The summed E-state index contributed by atoms with van der Waals surface area (Å²) in [6.45, 7) is 12.3. The van der Waals surface area contributed by atoms with Crippen LogP contribution in [-0.2, 0) is 17.6 Å². The average molecular weight is 341 g/mol. The molecule has 0 saturated carbocycles. The molecule has 1 atom stereocenters. The molecule has 0 saturated heterocycles. The smallest absolute Gasteiger partial charge is 0.117 e. The number of ether oxygens (including phenoxy) is 1. The Bertz CT molecular complexity index is 603. The second-order valence-electron chi connectivity index (χ2n) is 6.97. The van der Waals surface area contributed by atoms with Crippen molar-refractivity contribution in [1.29, 1.82) is 0 Å². The van der Waals surface area contributed by atoms with Gasteiger partial charge in [0.25, 0.3) is 0 Å². The average Bonchev–Trinajstić information content (AvgIpc) is 2.59. The van der Waals surface area contributed by atoms with Gasteiger partial charge >= 0.3 is 0 Å². The van der Waals surface area contributed by atoms with E-state index >= 15 is 0 Å². The molecule has 1 aromatic carbocycles. The van der Waals surface area contributed by atoms with Gasteiger partial charge in [-0.05, 0) is 42.4 Å². The highest BCUT2D eigenvalue weighted by atomic mass is 16.5. The zero-order chi connectivity index (χ0) is 18.7. The first kappa shape index (κ1) is 21.0. The highest BCUT2D eigenvalue weighted by Gasteiger charge is 2.15. The number of hydrogen-bond acceptors (Lipinski definition) is 2. The fourth-order valence-corrected chi connectivity index (χ4v) is 2.44. The Balaban J connectivity index is 2.51. The number of aryl methyl sites for hydroxylation is 1. The van der Waals surface area contributed by atoms with Crippen LogP contribution in [0.1, 0.15) is 38.8 Å². The Morgan fingerprint density at radius 3 is 2.44 bits per heavy atom. The quantitative estimate of drug-likeness (QED) is 0.351. The summed E-state index contributed by atoms with van der Waals surface area (Å²) in [5.41, 5.74) is 2.65. The summed E-state index contributed by atoms with van der Waals surface area (Å²) in [5.74, 6) is 0.765. The molecule has 0 aliphatic rings. The molecule has 0 aliphatic carbocycles. The predicted octanol–water partition coefficient (Wildman–Crippen LogP) is 5.40. The van der Waals surface area contributed by atoms with Crippen molar-refractivity contribution < 1.29 is 9.84 Å². The second kappa shape index (κ2) is 10.7. The molecular formula is C23H32O2. The minimum atomic E-state index is -0.617. The zero-order valence-electron chi connectivity index (χ0n) is 16.0. The number of allylic oxidation sites excluding steroid dienone is 6. The van der Waals surface area contributed by atoms with E-state index in [1.165, 1.54) is 11.1 Å². The van der Waals surface area contributed by atoms with E-state index in [4.69, 9.17) is 4.74 Å². The molecule has 0 heterocycles. The van der Waals surface area contributed by atoms with E-state index in [0.717, 1.165) is 18.6 Å². The minimum Gasteiger partial charge on any atom is -0.495 e. The van der Waals surface area contributed by atoms with Gasteiger partial charge in [-0.3, -0.25) is 0 Å². The van der Waals surface area contributed by atoms with Gasteiger partial charge in [-0.25, -0.2) is 0 Å². The number of benzene rings is 1. The molecule has 0 radical (unpaired) electrons. The Hall–Kier alpha value is -2.06. The summed E-state index contributed by atoms with van der Waals surface area (Å²) in [5, 5.41) is 10.1. The van der Waals surface area contributed by atoms with Crippen LogP contribution in [0.3, 0.4) is 0 Å². The standard InChI is InChI=1S/C23H32O2/c1-6-8-9-10-19(3)25-18-22(24)15-16-23(4,5)17-21-13-11-20(7-2)12-14-21/h6,8-16,22,24H,1,7,17-18H2,2-5H3/b9-8-,16-15+,19-10+. The van der Waals surface area contributed by atoms with E-state index in [9.17, 15) is 5.11 Å². The second-order valence-corrected chi connectivity index (χ2v) is 6.97. The summed E-state index contributed by atoms with van der Waals surface area (Å²) < 4.78 is 5.53. The summed E-state index contributed by atoms with van der Waals surface area (Å²) in [4.78, 5) is 0. The first-order chi connectivity index (χ1) is 11.9. The third kappa shape index (κ3) is 9.11. The number of rotatable bonds is 10. The molecule has 2 heteroatoms. The van der Waals surface area contributed by atoms with E-state index in [1.54, 1.807) is 6.08 Å². The molecule has 2 nitrogen and oxygen atoms in total. The SMILES string of the molecule is C=C/C=C\C=C(/C)OCC(O)/C=C/C(C)(C)Cc1ccc(CC)cc1. The van der Waals surface area contributed by atoms with Gasteiger partial charge in [0.2, 0.25) is 0 Å². The Labute approximate surface area is 153 Å². The van der Waals surface area contributed by atoms with Gasteiger partial charge in [-0.2, -0.15) is 0 Å². The third-order valence-electron chi connectivity index (χ3n) is 3.92. The predicted molar refractivity (Wildman–Crippen MR) is 107 cm³/mol. The first-order valence-electron chi connectivity index (χ1n) is 8.90. The molecule has 0 amide bonds. The molecule has 0 bridgehead atoms. The molecule has 0 spiro atoms. The van der Waals surface area contributed by atoms with Crippen molar-refractivity contribution in [1.82, 2.24) is 0 Å². The monoisotopic (exact) mass is 340 g/mol. The van der Waals surface area contributed by atoms with Crippen molar-refractivity contribution in [3.8, 4) is 0 Å². The molecule has 0 aromatic heterocycles. The third-order valence-corrected chi connectivity index (χ3v) is 3.92. The number of aliphatic hydroxyl groups excluding tert-OH is 1. The van der Waals surface area contributed by atoms with E-state index in [2.05, 4.69) is 57.7 Å². The molecular weight excluding hydrogens is 308 g/mol. The molecule has 1 unspecified atom stereocenters.